The van der Waals surface area contributed by atoms with E-state index in [1.165, 1.54) is 0 Å². The maximum absolute atomic E-state index is 4.97. The maximum Gasteiger partial charge on any atom is 0.210 e. The molecule has 3 nitrogen and oxygen atoms in total. The average Bonchev–Trinajstić information content (AvgIpc) is 2.32. The number of nitrogens with zero attached hydrogens (tertiary/aromatic N) is 1. The summed E-state index contributed by atoms with van der Waals surface area (Å²) in [6.07, 6.45) is 1.70. The molecule has 0 aliphatic rings. The van der Waals surface area contributed by atoms with E-state index in [1.807, 2.05) is 0 Å². The van der Waals surface area contributed by atoms with Crippen LogP contribution in [0.25, 0.3) is 0 Å². The van der Waals surface area contributed by atoms with Crippen LogP contribution in [0.5, 0.6) is 5.88 Å². The van der Waals surface area contributed by atoms with Crippen LogP contribution in [0.1, 0.15) is 26.6 Å². The lowest BCUT2D eigenvalue weighted by atomic mass is 9.96. The summed E-state index contributed by atoms with van der Waals surface area (Å²) < 4.78 is 4.97. The Bertz CT molecular complexity index is 234. The Kier molecular flexibility index (Phi) is 1.89. The number of methoxy groups -OCH3 is 1. The lowest BCUT2D eigenvalue weighted by molar-refractivity contribution is 0.397. The first-order valence-electron chi connectivity index (χ1n) is 3.63. The van der Waals surface area contributed by atoms with Crippen molar-refractivity contribution < 1.29 is 4.74 Å². The maximum atomic E-state index is 4.97. The monoisotopic (exact) mass is 154 g/mol. The Labute approximate surface area is 66.8 Å². The molecule has 0 radical (unpaired) electrons. The highest BCUT2D eigenvalue weighted by atomic mass is 16.5. The topological polar surface area (TPSA) is 37.9 Å². The first kappa shape index (κ1) is 8.11. The lowest BCUT2D eigenvalue weighted by Crippen LogP contribution is -2.13. The molecule has 1 aromatic heterocycles. The molecule has 0 aromatic carbocycles. The van der Waals surface area contributed by atoms with Gasteiger partial charge in [-0.2, -0.15) is 0 Å². The van der Waals surface area contributed by atoms with Crippen molar-refractivity contribution in [3.8, 4) is 5.88 Å². The van der Waals surface area contributed by atoms with Gasteiger partial charge in [-0.3, -0.25) is 0 Å². The smallest absolute Gasteiger partial charge is 0.210 e. The van der Waals surface area contributed by atoms with Crippen molar-refractivity contribution in [2.75, 3.05) is 7.11 Å². The van der Waals surface area contributed by atoms with E-state index in [1.54, 1.807) is 13.3 Å². The molecule has 0 unspecified atom stereocenters. The molecule has 11 heavy (non-hydrogen) atoms. The number of H-pyrrole nitrogens is 1. The molecule has 0 fully saturated rings. The SMILES string of the molecule is COc1cnc(C(C)(C)C)[nH]1. The minimum Gasteiger partial charge on any atom is -0.481 e. The molecule has 0 atom stereocenters. The predicted molar refractivity (Wildman–Crippen MR) is 43.8 cm³/mol. The molecule has 0 saturated carbocycles. The summed E-state index contributed by atoms with van der Waals surface area (Å²) in [6, 6.07) is 0. The summed E-state index contributed by atoms with van der Waals surface area (Å²) in [6.45, 7) is 6.31. The molecule has 1 N–H and O–H groups in total. The largest absolute Gasteiger partial charge is 0.481 e. The van der Waals surface area contributed by atoms with Crippen molar-refractivity contribution in [3.05, 3.63) is 12.0 Å². The Hall–Kier alpha value is -0.990. The quantitative estimate of drug-likeness (QED) is 0.668. The first-order chi connectivity index (χ1) is 5.04. The van der Waals surface area contributed by atoms with Gasteiger partial charge in [0, 0.05) is 5.41 Å². The Morgan fingerprint density at radius 2 is 2.09 bits per heavy atom. The molecule has 1 rings (SSSR count). The lowest BCUT2D eigenvalue weighted by Gasteiger charge is -2.13. The fourth-order valence-electron chi connectivity index (χ4n) is 0.789. The molecular weight excluding hydrogens is 140 g/mol. The highest BCUT2D eigenvalue weighted by Crippen LogP contribution is 2.20. The summed E-state index contributed by atoms with van der Waals surface area (Å²) >= 11 is 0. The van der Waals surface area contributed by atoms with Crippen LogP contribution in [0, 0.1) is 0 Å². The van der Waals surface area contributed by atoms with Gasteiger partial charge < -0.3 is 9.72 Å². The van der Waals surface area contributed by atoms with E-state index in [9.17, 15) is 0 Å². The van der Waals surface area contributed by atoms with Crippen molar-refractivity contribution >= 4 is 0 Å². The summed E-state index contributed by atoms with van der Waals surface area (Å²) in [4.78, 5) is 7.25. The van der Waals surface area contributed by atoms with Gasteiger partial charge in [-0.15, -0.1) is 0 Å². The molecular formula is C8H14N2O. The second-order valence-corrected chi connectivity index (χ2v) is 3.55. The van der Waals surface area contributed by atoms with Gasteiger partial charge in [0.2, 0.25) is 5.88 Å². The van der Waals surface area contributed by atoms with Gasteiger partial charge in [-0.05, 0) is 0 Å². The second-order valence-electron chi connectivity index (χ2n) is 3.55. The van der Waals surface area contributed by atoms with E-state index >= 15 is 0 Å². The molecule has 1 heterocycles. The van der Waals surface area contributed by atoms with Crippen LogP contribution >= 0.6 is 0 Å². The minimum absolute atomic E-state index is 0.0663. The standard InChI is InChI=1S/C8H14N2O/c1-8(2,3)7-9-5-6(10-7)11-4/h5H,1-4H3,(H,9,10). The number of hydrogen-bond donors (Lipinski definition) is 1. The minimum atomic E-state index is 0.0663. The molecule has 0 bridgehead atoms. The molecule has 0 saturated heterocycles. The summed E-state index contributed by atoms with van der Waals surface area (Å²) in [5, 5.41) is 0. The highest BCUT2D eigenvalue weighted by Gasteiger charge is 2.17. The van der Waals surface area contributed by atoms with Crippen molar-refractivity contribution in [1.29, 1.82) is 0 Å². The van der Waals surface area contributed by atoms with Crippen LogP contribution in [0.15, 0.2) is 6.20 Å². The summed E-state index contributed by atoms with van der Waals surface area (Å²) in [5.41, 5.74) is 0.0663. The molecule has 0 aliphatic heterocycles. The zero-order chi connectivity index (χ0) is 8.48. The molecule has 3 heteroatoms. The Morgan fingerprint density at radius 3 is 2.36 bits per heavy atom. The second kappa shape index (κ2) is 2.57. The average molecular weight is 154 g/mol. The molecule has 1 aromatic rings. The zero-order valence-electron chi connectivity index (χ0n) is 7.43. The van der Waals surface area contributed by atoms with Crippen molar-refractivity contribution in [3.63, 3.8) is 0 Å². The summed E-state index contributed by atoms with van der Waals surface area (Å²) in [7, 11) is 1.62. The number of imidazole rings is 1. The van der Waals surface area contributed by atoms with Gasteiger partial charge in [0.1, 0.15) is 5.82 Å². The van der Waals surface area contributed by atoms with Crippen molar-refractivity contribution in [2.45, 2.75) is 26.2 Å². The third-order valence-electron chi connectivity index (χ3n) is 1.48. The number of aromatic nitrogens is 2. The number of ether oxygens (including phenoxy) is 1. The number of nitrogens with one attached hydrogen (secondary N) is 1. The van der Waals surface area contributed by atoms with E-state index in [-0.39, 0.29) is 5.41 Å². The Balaban J connectivity index is 2.89. The van der Waals surface area contributed by atoms with Gasteiger partial charge in [0.15, 0.2) is 0 Å². The molecule has 0 spiro atoms. The van der Waals surface area contributed by atoms with Gasteiger partial charge in [-0.1, -0.05) is 20.8 Å². The predicted octanol–water partition coefficient (Wildman–Crippen LogP) is 1.72. The van der Waals surface area contributed by atoms with Gasteiger partial charge in [0.25, 0.3) is 0 Å². The van der Waals surface area contributed by atoms with Crippen molar-refractivity contribution in [1.82, 2.24) is 9.97 Å². The fourth-order valence-corrected chi connectivity index (χ4v) is 0.789. The van der Waals surface area contributed by atoms with Gasteiger partial charge >= 0.3 is 0 Å². The first-order valence-corrected chi connectivity index (χ1v) is 3.63. The van der Waals surface area contributed by atoms with Crippen LogP contribution < -0.4 is 4.74 Å². The van der Waals surface area contributed by atoms with Crippen LogP contribution in [0.2, 0.25) is 0 Å². The van der Waals surface area contributed by atoms with Crippen LogP contribution in [-0.2, 0) is 5.41 Å². The molecule has 62 valence electrons. The van der Waals surface area contributed by atoms with Crippen LogP contribution in [0.4, 0.5) is 0 Å². The van der Waals surface area contributed by atoms with Gasteiger partial charge in [0.05, 0.1) is 13.3 Å². The molecule has 0 amide bonds. The van der Waals surface area contributed by atoms with Crippen LogP contribution in [0.3, 0.4) is 0 Å². The third-order valence-corrected chi connectivity index (χ3v) is 1.48. The number of aromatic amines is 1. The Morgan fingerprint density at radius 1 is 1.45 bits per heavy atom. The number of hydrogen-bond acceptors (Lipinski definition) is 2. The van der Waals surface area contributed by atoms with E-state index in [0.29, 0.717) is 0 Å². The van der Waals surface area contributed by atoms with Crippen LogP contribution in [-0.4, -0.2) is 17.1 Å². The van der Waals surface area contributed by atoms with Crippen molar-refractivity contribution in [2.24, 2.45) is 0 Å². The third kappa shape index (κ3) is 1.73. The van der Waals surface area contributed by atoms with E-state index < -0.39 is 0 Å². The number of rotatable bonds is 1. The highest BCUT2D eigenvalue weighted by molar-refractivity contribution is 5.12. The summed E-state index contributed by atoms with van der Waals surface area (Å²) in [5.74, 6) is 1.67. The molecule has 0 aliphatic carbocycles. The van der Waals surface area contributed by atoms with Gasteiger partial charge in [-0.25, -0.2) is 4.98 Å². The van der Waals surface area contributed by atoms with E-state index in [4.69, 9.17) is 4.74 Å². The van der Waals surface area contributed by atoms with E-state index in [2.05, 4.69) is 30.7 Å². The van der Waals surface area contributed by atoms with E-state index in [0.717, 1.165) is 11.7 Å². The fraction of sp³-hybridized carbons (Fsp3) is 0.625. The normalized spacial score (nSPS) is 11.6. The zero-order valence-corrected chi connectivity index (χ0v) is 7.43.